The summed E-state index contributed by atoms with van der Waals surface area (Å²) in [5, 5.41) is 9.54. The molecule has 0 aliphatic carbocycles. The third-order valence-electron chi connectivity index (χ3n) is 6.03. The van der Waals surface area contributed by atoms with Crippen molar-refractivity contribution in [3.63, 3.8) is 0 Å². The van der Waals surface area contributed by atoms with Crippen LogP contribution in [-0.4, -0.2) is 47.0 Å². The van der Waals surface area contributed by atoms with Crippen LogP contribution in [0, 0.1) is 11.6 Å². The van der Waals surface area contributed by atoms with Gasteiger partial charge in [0, 0.05) is 18.1 Å². The van der Waals surface area contributed by atoms with E-state index in [0.717, 1.165) is 0 Å². The fourth-order valence-corrected chi connectivity index (χ4v) is 4.52. The molecule has 0 spiro atoms. The summed E-state index contributed by atoms with van der Waals surface area (Å²) in [7, 11) is 0. The molecule has 6 rings (SSSR count). The number of hydrogen-bond acceptors (Lipinski definition) is 6. The molecule has 3 aromatic heterocycles. The number of rotatable bonds is 4. The number of fused-ring (bicyclic) bond motifs is 3. The zero-order valence-electron chi connectivity index (χ0n) is 17.7. The summed E-state index contributed by atoms with van der Waals surface area (Å²) >= 11 is 0. The Labute approximate surface area is 190 Å². The van der Waals surface area contributed by atoms with Gasteiger partial charge >= 0.3 is 5.69 Å². The maximum atomic E-state index is 14.1. The van der Waals surface area contributed by atoms with Gasteiger partial charge in [0.05, 0.1) is 43.0 Å². The van der Waals surface area contributed by atoms with E-state index in [1.807, 2.05) is 0 Å². The van der Waals surface area contributed by atoms with Crippen molar-refractivity contribution in [3.8, 4) is 11.7 Å². The zero-order chi connectivity index (χ0) is 23.4. The van der Waals surface area contributed by atoms with Gasteiger partial charge in [-0.15, -0.1) is 0 Å². The second kappa shape index (κ2) is 7.73. The third-order valence-corrected chi connectivity index (χ3v) is 6.03. The van der Waals surface area contributed by atoms with E-state index in [0.29, 0.717) is 46.5 Å². The van der Waals surface area contributed by atoms with Crippen LogP contribution in [0.5, 0.6) is 5.75 Å². The van der Waals surface area contributed by atoms with Crippen LogP contribution in [0.25, 0.3) is 28.1 Å². The van der Waals surface area contributed by atoms with Crippen molar-refractivity contribution >= 4 is 22.2 Å². The summed E-state index contributed by atoms with van der Waals surface area (Å²) in [5.74, 6) is -0.175. The van der Waals surface area contributed by atoms with Crippen LogP contribution in [0.15, 0.2) is 53.7 Å². The summed E-state index contributed by atoms with van der Waals surface area (Å²) in [6.07, 6.45) is 3.40. The van der Waals surface area contributed by atoms with E-state index in [4.69, 9.17) is 4.74 Å². The molecule has 0 saturated carbocycles. The minimum atomic E-state index is -0.533. The number of nitrogens with zero attached hydrogens (tertiary/aromatic N) is 6. The number of aliphatic hydroxyl groups is 1. The lowest BCUT2D eigenvalue weighted by Gasteiger charge is -2.26. The van der Waals surface area contributed by atoms with Gasteiger partial charge in [-0.3, -0.25) is 13.7 Å². The van der Waals surface area contributed by atoms with Gasteiger partial charge in [-0.1, -0.05) is 0 Å². The maximum Gasteiger partial charge on any atom is 0.331 e. The Morgan fingerprint density at radius 2 is 1.91 bits per heavy atom. The second-order valence-corrected chi connectivity index (χ2v) is 7.99. The third kappa shape index (κ3) is 3.08. The fraction of sp³-hybridized carbons (Fsp3) is 0.217. The molecular formula is C23H18F2N6O3. The molecule has 0 amide bonds. The molecule has 5 aromatic rings. The molecular weight excluding hydrogens is 446 g/mol. The van der Waals surface area contributed by atoms with Crippen molar-refractivity contribution in [2.24, 2.45) is 0 Å². The number of halogens is 2. The van der Waals surface area contributed by atoms with Crippen LogP contribution in [-0.2, 0) is 6.54 Å². The Morgan fingerprint density at radius 1 is 1.09 bits per heavy atom. The van der Waals surface area contributed by atoms with Crippen LogP contribution in [0.2, 0.25) is 0 Å². The van der Waals surface area contributed by atoms with Gasteiger partial charge in [0.1, 0.15) is 29.2 Å². The Bertz CT molecular complexity index is 1620. The molecule has 0 saturated heterocycles. The van der Waals surface area contributed by atoms with E-state index < -0.39 is 23.4 Å². The van der Waals surface area contributed by atoms with Gasteiger partial charge in [0.25, 0.3) is 0 Å². The van der Waals surface area contributed by atoms with Crippen molar-refractivity contribution in [2.75, 3.05) is 13.2 Å². The van der Waals surface area contributed by atoms with E-state index in [9.17, 15) is 18.7 Å². The van der Waals surface area contributed by atoms with Gasteiger partial charge in [-0.25, -0.2) is 23.5 Å². The number of ether oxygens (including phenoxy) is 1. The Hall–Kier alpha value is -4.12. The number of imidazole rings is 2. The summed E-state index contributed by atoms with van der Waals surface area (Å²) in [6.45, 7) is 0.125. The maximum absolute atomic E-state index is 14.1. The van der Waals surface area contributed by atoms with Crippen LogP contribution in [0.3, 0.4) is 0 Å². The normalized spacial score (nSPS) is 15.6. The highest BCUT2D eigenvalue weighted by Crippen LogP contribution is 2.36. The van der Waals surface area contributed by atoms with E-state index in [1.165, 1.54) is 50.5 Å². The van der Waals surface area contributed by atoms with Crippen LogP contribution >= 0.6 is 0 Å². The van der Waals surface area contributed by atoms with Crippen molar-refractivity contribution < 1.29 is 18.6 Å². The average molecular weight is 464 g/mol. The number of aromatic nitrogens is 6. The van der Waals surface area contributed by atoms with Gasteiger partial charge in [-0.05, 0) is 30.3 Å². The molecule has 172 valence electrons. The van der Waals surface area contributed by atoms with Crippen LogP contribution in [0.4, 0.5) is 8.78 Å². The SMILES string of the molecule is O=c1n(CCO)c2cnc(-n3cnc4ccc(F)cc43)nc2n1[C@@H]1CCOc2ccc(F)cc21. The summed E-state index contributed by atoms with van der Waals surface area (Å²) < 4.78 is 38.1. The molecule has 0 unspecified atom stereocenters. The van der Waals surface area contributed by atoms with E-state index in [1.54, 1.807) is 12.1 Å². The summed E-state index contributed by atoms with van der Waals surface area (Å²) in [6, 6.07) is 7.88. The molecule has 0 radical (unpaired) electrons. The second-order valence-electron chi connectivity index (χ2n) is 7.99. The molecule has 11 heteroatoms. The Morgan fingerprint density at radius 3 is 2.76 bits per heavy atom. The lowest BCUT2D eigenvalue weighted by atomic mass is 10.00. The first-order chi connectivity index (χ1) is 16.5. The largest absolute Gasteiger partial charge is 0.493 e. The zero-order valence-corrected chi connectivity index (χ0v) is 17.7. The predicted molar refractivity (Wildman–Crippen MR) is 118 cm³/mol. The number of benzene rings is 2. The molecule has 1 N–H and O–H groups in total. The van der Waals surface area contributed by atoms with Gasteiger partial charge in [-0.2, -0.15) is 4.98 Å². The highest BCUT2D eigenvalue weighted by Gasteiger charge is 2.29. The Balaban J connectivity index is 1.60. The lowest BCUT2D eigenvalue weighted by Crippen LogP contribution is -2.31. The first-order valence-corrected chi connectivity index (χ1v) is 10.7. The molecule has 1 atom stereocenters. The van der Waals surface area contributed by atoms with Crippen LogP contribution in [0.1, 0.15) is 18.0 Å². The van der Waals surface area contributed by atoms with Crippen molar-refractivity contribution in [1.29, 1.82) is 0 Å². The van der Waals surface area contributed by atoms with E-state index in [2.05, 4.69) is 15.0 Å². The molecule has 1 aliphatic heterocycles. The highest BCUT2D eigenvalue weighted by atomic mass is 19.1. The average Bonchev–Trinajstić information content (AvgIpc) is 3.37. The lowest BCUT2D eigenvalue weighted by molar-refractivity contribution is 0.252. The minimum absolute atomic E-state index is 0.0451. The highest BCUT2D eigenvalue weighted by molar-refractivity contribution is 5.77. The predicted octanol–water partition coefficient (Wildman–Crippen LogP) is 2.57. The molecule has 34 heavy (non-hydrogen) atoms. The minimum Gasteiger partial charge on any atom is -0.493 e. The van der Waals surface area contributed by atoms with E-state index >= 15 is 0 Å². The molecule has 1 aliphatic rings. The molecule has 0 bridgehead atoms. The topological polar surface area (TPSA) is 100.0 Å². The van der Waals surface area contributed by atoms with Crippen molar-refractivity contribution in [3.05, 3.63) is 76.6 Å². The fourth-order valence-electron chi connectivity index (χ4n) is 4.52. The first kappa shape index (κ1) is 20.5. The summed E-state index contributed by atoms with van der Waals surface area (Å²) in [5.41, 5.74) is 1.90. The van der Waals surface area contributed by atoms with Gasteiger partial charge < -0.3 is 9.84 Å². The molecule has 9 nitrogen and oxygen atoms in total. The smallest absolute Gasteiger partial charge is 0.331 e. The van der Waals surface area contributed by atoms with Gasteiger partial charge in [0.15, 0.2) is 5.65 Å². The quantitative estimate of drug-likeness (QED) is 0.439. The van der Waals surface area contributed by atoms with Crippen LogP contribution < -0.4 is 10.4 Å². The monoisotopic (exact) mass is 464 g/mol. The van der Waals surface area contributed by atoms with E-state index in [-0.39, 0.29) is 19.1 Å². The van der Waals surface area contributed by atoms with Crippen molar-refractivity contribution in [1.82, 2.24) is 28.7 Å². The number of hydrogen-bond donors (Lipinski definition) is 1. The molecule has 2 aromatic carbocycles. The molecule has 4 heterocycles. The van der Waals surface area contributed by atoms with Crippen molar-refractivity contribution in [2.45, 2.75) is 19.0 Å². The first-order valence-electron chi connectivity index (χ1n) is 10.7. The number of aliphatic hydroxyl groups excluding tert-OH is 1. The molecule has 0 fully saturated rings. The Kier molecular flexibility index (Phi) is 4.66. The standard InChI is InChI=1S/C23H18F2N6O3/c24-13-2-4-20-15(9-13)17(5-8-34-20)31-21-19(29(6-7-32)23(31)33)11-26-22(28-21)30-12-27-16-3-1-14(25)10-18(16)30/h1-4,9-12,17,32H,5-8H2/t17-/m1/s1. The summed E-state index contributed by atoms with van der Waals surface area (Å²) in [4.78, 5) is 26.8. The van der Waals surface area contributed by atoms with Gasteiger partial charge in [0.2, 0.25) is 5.95 Å².